The summed E-state index contributed by atoms with van der Waals surface area (Å²) in [5.41, 5.74) is 16.9. The van der Waals surface area contributed by atoms with Gasteiger partial charge in [0.05, 0.1) is 22.1 Å². The zero-order valence-corrected chi connectivity index (χ0v) is 35.9. The van der Waals surface area contributed by atoms with Crippen LogP contribution in [0.3, 0.4) is 0 Å². The second kappa shape index (κ2) is 14.3. The molecule has 0 atom stereocenters. The average molecular weight is 832 g/mol. The molecule has 9 aromatic carbocycles. The van der Waals surface area contributed by atoms with Crippen LogP contribution >= 0.6 is 0 Å². The second-order valence-electron chi connectivity index (χ2n) is 17.6. The van der Waals surface area contributed by atoms with E-state index < -0.39 is 0 Å². The Balaban J connectivity index is 1.06. The maximum Gasteiger partial charge on any atom is 0.238 e. The van der Waals surface area contributed by atoms with Gasteiger partial charge < -0.3 is 4.57 Å². The molecule has 0 spiro atoms. The first kappa shape index (κ1) is 37.2. The number of aromatic nitrogens is 5. The van der Waals surface area contributed by atoms with E-state index in [1.54, 1.807) is 0 Å². The molecule has 0 aliphatic heterocycles. The number of para-hydroxylation sites is 3. The van der Waals surface area contributed by atoms with Gasteiger partial charge in [0.1, 0.15) is 0 Å². The lowest BCUT2D eigenvalue weighted by atomic mass is 9.81. The molecule has 0 bridgehead atoms. The van der Waals surface area contributed by atoms with Crippen molar-refractivity contribution in [1.82, 2.24) is 24.1 Å². The molecular formula is C60H41N5. The van der Waals surface area contributed by atoms with Crippen LogP contribution < -0.4 is 0 Å². The SMILES string of the molecule is CC1(C)c2ccccc2-c2ccc3c4ccccc4n(-c4nc(-c5ccc(-c6ccccc6-c6ccccc6)cc5)nc(-c5ccc6c7ccccc7n(-c7ccccc7)c6c5)n4)c3c21. The number of fused-ring (bicyclic) bond motifs is 10. The van der Waals surface area contributed by atoms with Gasteiger partial charge in [0.15, 0.2) is 11.6 Å². The second-order valence-corrected chi connectivity index (χ2v) is 17.6. The highest BCUT2D eigenvalue weighted by atomic mass is 15.2. The molecule has 0 saturated carbocycles. The molecule has 0 fully saturated rings. The normalized spacial score (nSPS) is 12.9. The molecule has 3 heterocycles. The smallest absolute Gasteiger partial charge is 0.238 e. The van der Waals surface area contributed by atoms with Gasteiger partial charge in [-0.05, 0) is 74.8 Å². The Bertz CT molecular complexity index is 3840. The zero-order valence-electron chi connectivity index (χ0n) is 35.9. The molecular weight excluding hydrogens is 791 g/mol. The van der Waals surface area contributed by atoms with Crippen molar-refractivity contribution in [2.24, 2.45) is 0 Å². The first-order valence-corrected chi connectivity index (χ1v) is 22.3. The van der Waals surface area contributed by atoms with Crippen LogP contribution in [0, 0.1) is 0 Å². The van der Waals surface area contributed by atoms with Crippen molar-refractivity contribution in [2.75, 3.05) is 0 Å². The van der Waals surface area contributed by atoms with Crippen LogP contribution in [0.1, 0.15) is 25.0 Å². The molecule has 13 rings (SSSR count). The highest BCUT2D eigenvalue weighted by Crippen LogP contribution is 2.53. The van der Waals surface area contributed by atoms with Crippen LogP contribution in [0.15, 0.2) is 212 Å². The van der Waals surface area contributed by atoms with E-state index in [1.165, 1.54) is 55.1 Å². The van der Waals surface area contributed by atoms with Crippen LogP contribution in [-0.4, -0.2) is 24.1 Å². The summed E-state index contributed by atoms with van der Waals surface area (Å²) in [5.74, 6) is 1.80. The number of hydrogen-bond acceptors (Lipinski definition) is 3. The Morgan fingerprint density at radius 3 is 1.58 bits per heavy atom. The first-order chi connectivity index (χ1) is 32.0. The van der Waals surface area contributed by atoms with Crippen LogP contribution in [0.4, 0.5) is 0 Å². The number of nitrogens with zero attached hydrogens (tertiary/aromatic N) is 5. The quantitative estimate of drug-likeness (QED) is 0.168. The molecule has 0 N–H and O–H groups in total. The summed E-state index contributed by atoms with van der Waals surface area (Å²) in [6.45, 7) is 4.70. The van der Waals surface area contributed by atoms with E-state index in [9.17, 15) is 0 Å². The van der Waals surface area contributed by atoms with Crippen molar-refractivity contribution in [3.8, 4) is 67.8 Å². The molecule has 306 valence electrons. The maximum absolute atomic E-state index is 5.50. The van der Waals surface area contributed by atoms with Crippen LogP contribution in [0.2, 0.25) is 0 Å². The van der Waals surface area contributed by atoms with Crippen LogP contribution in [0.5, 0.6) is 0 Å². The monoisotopic (exact) mass is 831 g/mol. The summed E-state index contributed by atoms with van der Waals surface area (Å²) >= 11 is 0. The Labute approximate surface area is 376 Å². The fraction of sp³-hybridized carbons (Fsp3) is 0.0500. The zero-order chi connectivity index (χ0) is 43.2. The van der Waals surface area contributed by atoms with E-state index in [-0.39, 0.29) is 5.41 Å². The summed E-state index contributed by atoms with van der Waals surface area (Å²) in [6, 6.07) is 75.8. The van der Waals surface area contributed by atoms with Gasteiger partial charge >= 0.3 is 0 Å². The largest absolute Gasteiger partial charge is 0.309 e. The number of hydrogen-bond donors (Lipinski definition) is 0. The molecule has 0 amide bonds. The molecule has 0 radical (unpaired) electrons. The molecule has 65 heavy (non-hydrogen) atoms. The van der Waals surface area contributed by atoms with Gasteiger partial charge in [-0.1, -0.05) is 196 Å². The summed E-state index contributed by atoms with van der Waals surface area (Å²) in [4.78, 5) is 16.3. The molecule has 5 nitrogen and oxygen atoms in total. The Morgan fingerprint density at radius 1 is 0.354 bits per heavy atom. The Morgan fingerprint density at radius 2 is 0.862 bits per heavy atom. The van der Waals surface area contributed by atoms with Crippen molar-refractivity contribution >= 4 is 43.6 Å². The van der Waals surface area contributed by atoms with E-state index in [0.29, 0.717) is 17.6 Å². The lowest BCUT2D eigenvalue weighted by Crippen LogP contribution is -2.17. The third-order valence-electron chi connectivity index (χ3n) is 13.6. The number of rotatable bonds is 6. The predicted octanol–water partition coefficient (Wildman–Crippen LogP) is 15.0. The van der Waals surface area contributed by atoms with Gasteiger partial charge in [0, 0.05) is 43.8 Å². The van der Waals surface area contributed by atoms with E-state index in [1.807, 2.05) is 0 Å². The summed E-state index contributed by atoms with van der Waals surface area (Å²) in [6.07, 6.45) is 0. The lowest BCUT2D eigenvalue weighted by Gasteiger charge is -2.23. The van der Waals surface area contributed by atoms with Gasteiger partial charge in [-0.3, -0.25) is 4.57 Å². The topological polar surface area (TPSA) is 48.5 Å². The lowest BCUT2D eigenvalue weighted by molar-refractivity contribution is 0.663. The Hall–Kier alpha value is -8.41. The Kier molecular flexibility index (Phi) is 8.18. The van der Waals surface area contributed by atoms with Gasteiger partial charge in [-0.2, -0.15) is 9.97 Å². The standard InChI is InChI=1S/C60H41N5/c1-60(2)51-26-14-11-23-45(51)49-35-36-50-47-25-13-16-28-53(47)65(56(50)55(49)60)59-62-57(40-31-29-39(30-32-40)44-22-10-9-21-43(44)38-17-5-3-6-18-38)61-58(63-59)41-33-34-48-46-24-12-15-27-52(46)64(54(48)37-41)42-19-7-4-8-20-42/h3-37H,1-2H3. The average Bonchev–Trinajstić information content (AvgIpc) is 3.97. The third kappa shape index (κ3) is 5.68. The van der Waals surface area contributed by atoms with E-state index in [4.69, 9.17) is 15.0 Å². The van der Waals surface area contributed by atoms with Gasteiger partial charge in [-0.15, -0.1) is 0 Å². The van der Waals surface area contributed by atoms with E-state index in [2.05, 4.69) is 235 Å². The third-order valence-corrected chi connectivity index (χ3v) is 13.6. The highest BCUT2D eigenvalue weighted by molar-refractivity contribution is 6.13. The molecule has 0 saturated heterocycles. The molecule has 0 unspecified atom stereocenters. The number of benzene rings is 9. The molecule has 1 aliphatic carbocycles. The van der Waals surface area contributed by atoms with Crippen molar-refractivity contribution in [3.63, 3.8) is 0 Å². The van der Waals surface area contributed by atoms with Crippen LogP contribution in [-0.2, 0) is 5.41 Å². The fourth-order valence-electron chi connectivity index (χ4n) is 10.6. The minimum atomic E-state index is -0.266. The maximum atomic E-state index is 5.50. The molecule has 5 heteroatoms. The van der Waals surface area contributed by atoms with Crippen molar-refractivity contribution in [2.45, 2.75) is 19.3 Å². The minimum absolute atomic E-state index is 0.266. The van der Waals surface area contributed by atoms with Gasteiger partial charge in [0.25, 0.3) is 0 Å². The van der Waals surface area contributed by atoms with Crippen molar-refractivity contribution < 1.29 is 0 Å². The first-order valence-electron chi connectivity index (χ1n) is 22.3. The van der Waals surface area contributed by atoms with Gasteiger partial charge in [0.2, 0.25) is 5.95 Å². The molecule has 1 aliphatic rings. The minimum Gasteiger partial charge on any atom is -0.309 e. The molecule has 3 aromatic heterocycles. The summed E-state index contributed by atoms with van der Waals surface area (Å²) in [7, 11) is 0. The molecule has 12 aromatic rings. The highest BCUT2D eigenvalue weighted by Gasteiger charge is 2.38. The van der Waals surface area contributed by atoms with E-state index >= 15 is 0 Å². The van der Waals surface area contributed by atoms with Crippen molar-refractivity contribution in [3.05, 3.63) is 223 Å². The fourth-order valence-corrected chi connectivity index (χ4v) is 10.6. The predicted molar refractivity (Wildman–Crippen MR) is 268 cm³/mol. The van der Waals surface area contributed by atoms with Crippen LogP contribution in [0.25, 0.3) is 111 Å². The van der Waals surface area contributed by atoms with Gasteiger partial charge in [-0.25, -0.2) is 4.98 Å². The summed E-state index contributed by atoms with van der Waals surface area (Å²) < 4.78 is 4.65. The van der Waals surface area contributed by atoms with Crippen molar-refractivity contribution in [1.29, 1.82) is 0 Å². The van der Waals surface area contributed by atoms with E-state index in [0.717, 1.165) is 49.8 Å². The summed E-state index contributed by atoms with van der Waals surface area (Å²) in [5, 5.41) is 4.72.